The number of alkyl carbamates (subject to hydrolysis) is 1. The summed E-state index contributed by atoms with van der Waals surface area (Å²) >= 11 is 0. The van der Waals surface area contributed by atoms with Gasteiger partial charge in [0.25, 0.3) is 5.91 Å². The molecule has 1 heterocycles. The number of nitrogens with one attached hydrogen (secondary N) is 2. The molecule has 0 saturated carbocycles. The Hall–Kier alpha value is -2.61. The number of rotatable bonds is 9. The molecule has 0 spiro atoms. The normalized spacial score (nSPS) is 15.5. The molecule has 0 bridgehead atoms. The van der Waals surface area contributed by atoms with Gasteiger partial charge in [0.1, 0.15) is 11.6 Å². The van der Waals surface area contributed by atoms with Crippen LogP contribution in [0.2, 0.25) is 0 Å². The van der Waals surface area contributed by atoms with E-state index in [-0.39, 0.29) is 30.8 Å². The van der Waals surface area contributed by atoms with Crippen molar-refractivity contribution < 1.29 is 24.2 Å². The van der Waals surface area contributed by atoms with Gasteiger partial charge >= 0.3 is 6.09 Å². The highest BCUT2D eigenvalue weighted by molar-refractivity contribution is 5.98. The Morgan fingerprint density at radius 2 is 1.90 bits per heavy atom. The van der Waals surface area contributed by atoms with Crippen LogP contribution in [0.15, 0.2) is 24.3 Å². The molecule has 0 aliphatic carbocycles. The smallest absolute Gasteiger partial charge is 0.408 e. The Bertz CT molecular complexity index is 788. The van der Waals surface area contributed by atoms with E-state index in [0.717, 1.165) is 5.56 Å². The zero-order valence-corrected chi connectivity index (χ0v) is 19.1. The lowest BCUT2D eigenvalue weighted by Gasteiger charge is -2.24. The summed E-state index contributed by atoms with van der Waals surface area (Å²) in [6.45, 7) is 10.1. The van der Waals surface area contributed by atoms with Crippen molar-refractivity contribution in [2.45, 2.75) is 71.8 Å². The molecule has 31 heavy (non-hydrogen) atoms. The molecule has 3 amide bonds. The minimum atomic E-state index is -0.763. The maximum absolute atomic E-state index is 12.6. The van der Waals surface area contributed by atoms with Gasteiger partial charge in [0.05, 0.1) is 6.10 Å². The Morgan fingerprint density at radius 1 is 1.23 bits per heavy atom. The molecular weight excluding hydrogens is 398 g/mol. The average molecular weight is 434 g/mol. The number of benzene rings is 1. The standard InChI is InChI=1S/C23H35N3O5/c1-15(2)12-19(25-22(30)31-23(3,4)5)20(28)24-11-10-17(27)14-26-13-16-8-6-7-9-18(16)21(26)29/h6-9,15,17,19,27H,10-14H2,1-5H3,(H,24,28)(H,25,30)/t17-,19-/m0/s1. The molecule has 172 valence electrons. The Balaban J connectivity index is 1.80. The SMILES string of the molecule is CC(C)C[C@H](NC(=O)OC(C)(C)C)C(=O)NCC[C@H](O)CN1Cc2ccccc2C1=O. The number of β-amino-alcohol motifs (C(OH)–C–C–N with tert-alkyl or cyclic N) is 1. The highest BCUT2D eigenvalue weighted by atomic mass is 16.6. The van der Waals surface area contributed by atoms with Crippen molar-refractivity contribution >= 4 is 17.9 Å². The highest BCUT2D eigenvalue weighted by Gasteiger charge is 2.28. The maximum atomic E-state index is 12.6. The van der Waals surface area contributed by atoms with E-state index in [1.807, 2.05) is 32.0 Å². The number of carbonyl (C=O) groups is 3. The second-order valence-electron chi connectivity index (χ2n) is 9.40. The monoisotopic (exact) mass is 433 g/mol. The predicted octanol–water partition coefficient (Wildman–Crippen LogP) is 2.45. The van der Waals surface area contributed by atoms with Crippen LogP contribution in [0.4, 0.5) is 4.79 Å². The topological polar surface area (TPSA) is 108 Å². The lowest BCUT2D eigenvalue weighted by atomic mass is 10.0. The molecule has 2 atom stereocenters. The van der Waals surface area contributed by atoms with Crippen molar-refractivity contribution in [3.8, 4) is 0 Å². The van der Waals surface area contributed by atoms with E-state index < -0.39 is 23.8 Å². The van der Waals surface area contributed by atoms with Crippen LogP contribution in [0.5, 0.6) is 0 Å². The number of aliphatic hydroxyl groups is 1. The predicted molar refractivity (Wildman–Crippen MR) is 117 cm³/mol. The molecule has 8 nitrogen and oxygen atoms in total. The minimum absolute atomic E-state index is 0.0859. The van der Waals surface area contributed by atoms with Crippen LogP contribution in [0.3, 0.4) is 0 Å². The van der Waals surface area contributed by atoms with E-state index in [0.29, 0.717) is 24.9 Å². The van der Waals surface area contributed by atoms with Crippen molar-refractivity contribution in [1.82, 2.24) is 15.5 Å². The van der Waals surface area contributed by atoms with Crippen LogP contribution < -0.4 is 10.6 Å². The summed E-state index contributed by atoms with van der Waals surface area (Å²) in [7, 11) is 0. The van der Waals surface area contributed by atoms with Crippen LogP contribution >= 0.6 is 0 Å². The summed E-state index contributed by atoms with van der Waals surface area (Å²) in [6, 6.07) is 6.69. The summed E-state index contributed by atoms with van der Waals surface area (Å²) in [5.74, 6) is -0.215. The number of hydrogen-bond donors (Lipinski definition) is 3. The summed E-state index contributed by atoms with van der Waals surface area (Å²) in [6.07, 6.45) is -0.637. The van der Waals surface area contributed by atoms with E-state index in [1.54, 1.807) is 31.7 Å². The van der Waals surface area contributed by atoms with Gasteiger partial charge in [-0.15, -0.1) is 0 Å². The molecule has 1 aliphatic rings. The van der Waals surface area contributed by atoms with Crippen LogP contribution in [0, 0.1) is 5.92 Å². The van der Waals surface area contributed by atoms with Gasteiger partial charge in [-0.2, -0.15) is 0 Å². The molecule has 0 aromatic heterocycles. The lowest BCUT2D eigenvalue weighted by molar-refractivity contribution is -0.123. The molecular formula is C23H35N3O5. The van der Waals surface area contributed by atoms with Crippen LogP contribution in [-0.4, -0.2) is 58.8 Å². The quantitative estimate of drug-likeness (QED) is 0.554. The summed E-state index contributed by atoms with van der Waals surface area (Å²) in [4.78, 5) is 38.7. The summed E-state index contributed by atoms with van der Waals surface area (Å²) in [5, 5.41) is 15.7. The first-order chi connectivity index (χ1) is 14.5. The largest absolute Gasteiger partial charge is 0.444 e. The zero-order valence-electron chi connectivity index (χ0n) is 19.1. The average Bonchev–Trinajstić information content (AvgIpc) is 2.95. The zero-order chi connectivity index (χ0) is 23.2. The number of aliphatic hydroxyl groups excluding tert-OH is 1. The highest BCUT2D eigenvalue weighted by Crippen LogP contribution is 2.22. The fourth-order valence-electron chi connectivity index (χ4n) is 3.45. The number of nitrogens with zero attached hydrogens (tertiary/aromatic N) is 1. The first kappa shape index (κ1) is 24.7. The first-order valence-electron chi connectivity index (χ1n) is 10.8. The fraction of sp³-hybridized carbons (Fsp3) is 0.609. The number of carbonyl (C=O) groups excluding carboxylic acids is 3. The minimum Gasteiger partial charge on any atom is -0.444 e. The lowest BCUT2D eigenvalue weighted by Crippen LogP contribution is -2.49. The maximum Gasteiger partial charge on any atom is 0.408 e. The van der Waals surface area contributed by atoms with Crippen molar-refractivity contribution in [2.24, 2.45) is 5.92 Å². The molecule has 8 heteroatoms. The molecule has 1 aromatic carbocycles. The van der Waals surface area contributed by atoms with E-state index in [1.165, 1.54) is 0 Å². The van der Waals surface area contributed by atoms with E-state index in [2.05, 4.69) is 10.6 Å². The van der Waals surface area contributed by atoms with Gasteiger partial charge in [0.2, 0.25) is 5.91 Å². The number of fused-ring (bicyclic) bond motifs is 1. The van der Waals surface area contributed by atoms with E-state index in [9.17, 15) is 19.5 Å². The number of hydrogen-bond acceptors (Lipinski definition) is 5. The van der Waals surface area contributed by atoms with Crippen molar-refractivity contribution in [1.29, 1.82) is 0 Å². The van der Waals surface area contributed by atoms with Gasteiger partial charge in [-0.25, -0.2) is 4.79 Å². The van der Waals surface area contributed by atoms with Crippen molar-refractivity contribution in [2.75, 3.05) is 13.1 Å². The van der Waals surface area contributed by atoms with Gasteiger partial charge in [0.15, 0.2) is 0 Å². The molecule has 0 unspecified atom stereocenters. The van der Waals surface area contributed by atoms with Crippen molar-refractivity contribution in [3.05, 3.63) is 35.4 Å². The molecule has 1 aliphatic heterocycles. The van der Waals surface area contributed by atoms with Gasteiger partial charge in [-0.1, -0.05) is 32.0 Å². The van der Waals surface area contributed by atoms with Crippen LogP contribution in [0.25, 0.3) is 0 Å². The molecule has 1 aromatic rings. The third kappa shape index (κ3) is 7.86. The van der Waals surface area contributed by atoms with Gasteiger partial charge in [0, 0.05) is 25.2 Å². The first-order valence-corrected chi connectivity index (χ1v) is 10.8. The molecule has 3 N–H and O–H groups in total. The molecule has 2 rings (SSSR count). The van der Waals surface area contributed by atoms with Gasteiger partial charge < -0.3 is 25.4 Å². The third-order valence-electron chi connectivity index (χ3n) is 4.82. The Labute approximate surface area is 184 Å². The molecule has 0 radical (unpaired) electrons. The second kappa shape index (κ2) is 10.6. The van der Waals surface area contributed by atoms with Gasteiger partial charge in [-0.3, -0.25) is 9.59 Å². The third-order valence-corrected chi connectivity index (χ3v) is 4.82. The van der Waals surface area contributed by atoms with E-state index in [4.69, 9.17) is 4.74 Å². The van der Waals surface area contributed by atoms with Gasteiger partial charge in [-0.05, 0) is 51.2 Å². The number of amides is 3. The van der Waals surface area contributed by atoms with Crippen LogP contribution in [-0.2, 0) is 16.1 Å². The molecule has 0 fully saturated rings. The van der Waals surface area contributed by atoms with Crippen molar-refractivity contribution in [3.63, 3.8) is 0 Å². The van der Waals surface area contributed by atoms with E-state index >= 15 is 0 Å². The summed E-state index contributed by atoms with van der Waals surface area (Å²) < 4.78 is 5.25. The number of ether oxygens (including phenoxy) is 1. The Kier molecular flexibility index (Phi) is 8.44. The fourth-order valence-corrected chi connectivity index (χ4v) is 3.45. The summed E-state index contributed by atoms with van der Waals surface area (Å²) in [5.41, 5.74) is 0.977. The molecule has 0 saturated heterocycles. The van der Waals surface area contributed by atoms with Crippen LogP contribution in [0.1, 0.15) is 63.4 Å². The Morgan fingerprint density at radius 3 is 2.52 bits per heavy atom. The second-order valence-corrected chi connectivity index (χ2v) is 9.40.